The van der Waals surface area contributed by atoms with Crippen molar-refractivity contribution in [1.29, 1.82) is 0 Å². The first-order chi connectivity index (χ1) is 13.7. The van der Waals surface area contributed by atoms with Crippen LogP contribution in [0.2, 0.25) is 0 Å². The Bertz CT molecular complexity index is 999. The minimum atomic E-state index is -4.42. The molecular weight excluding hydrogens is 381 g/mol. The molecule has 29 heavy (non-hydrogen) atoms. The molecule has 2 aliphatic rings. The molecule has 0 unspecified atom stereocenters. The molecule has 0 radical (unpaired) electrons. The minimum absolute atomic E-state index is 0.376. The largest absolute Gasteiger partial charge is 0.496 e. The van der Waals surface area contributed by atoms with E-state index >= 15 is 0 Å². The Morgan fingerprint density at radius 1 is 1.03 bits per heavy atom. The number of halogens is 3. The van der Waals surface area contributed by atoms with E-state index in [4.69, 9.17) is 9.47 Å². The fraction of sp³-hybridized carbons (Fsp3) is 0.348. The smallest absolute Gasteiger partial charge is 0.416 e. The molecule has 1 aliphatic carbocycles. The predicted molar refractivity (Wildman–Crippen MR) is 103 cm³/mol. The number of carbonyl (C=O) groups is 1. The Morgan fingerprint density at radius 2 is 1.72 bits per heavy atom. The predicted octanol–water partition coefficient (Wildman–Crippen LogP) is 5.91. The van der Waals surface area contributed by atoms with Crippen molar-refractivity contribution in [2.45, 2.75) is 44.4 Å². The fourth-order valence-corrected chi connectivity index (χ4v) is 4.34. The summed E-state index contributed by atoms with van der Waals surface area (Å²) in [5.41, 5.74) is 1.45. The summed E-state index contributed by atoms with van der Waals surface area (Å²) in [5.74, 6) is 0.0948. The van der Waals surface area contributed by atoms with Crippen LogP contribution in [-0.2, 0) is 20.4 Å². The quantitative estimate of drug-likeness (QED) is 0.599. The topological polar surface area (TPSA) is 35.5 Å². The summed E-state index contributed by atoms with van der Waals surface area (Å²) in [5, 5.41) is 0. The average molecular weight is 402 g/mol. The molecule has 0 N–H and O–H groups in total. The first kappa shape index (κ1) is 19.6. The molecule has 1 fully saturated rings. The molecule has 0 saturated heterocycles. The first-order valence-corrected chi connectivity index (χ1v) is 9.56. The van der Waals surface area contributed by atoms with Gasteiger partial charge in [0.2, 0.25) is 0 Å². The van der Waals surface area contributed by atoms with Crippen molar-refractivity contribution >= 4 is 11.5 Å². The molecule has 1 spiro atoms. The Morgan fingerprint density at radius 3 is 2.38 bits per heavy atom. The summed E-state index contributed by atoms with van der Waals surface area (Å²) >= 11 is 0. The average Bonchev–Trinajstić information content (AvgIpc) is 3.25. The maximum atomic E-state index is 13.1. The van der Waals surface area contributed by atoms with Crippen molar-refractivity contribution in [2.75, 3.05) is 7.11 Å². The van der Waals surface area contributed by atoms with Crippen LogP contribution in [-0.4, -0.2) is 18.7 Å². The van der Waals surface area contributed by atoms with Crippen LogP contribution in [0, 0.1) is 6.92 Å². The van der Waals surface area contributed by atoms with Gasteiger partial charge in [-0.05, 0) is 73.1 Å². The van der Waals surface area contributed by atoms with E-state index in [1.807, 2.05) is 6.92 Å². The van der Waals surface area contributed by atoms with Gasteiger partial charge in [0, 0.05) is 0 Å². The molecule has 4 rings (SSSR count). The van der Waals surface area contributed by atoms with Crippen LogP contribution in [0.4, 0.5) is 13.2 Å². The SMILES string of the molecule is COC1=C(c2cc(-c3cccc(C(F)(F)F)c3)ccc2C)C(=O)OC12CCCC2. The number of carbonyl (C=O) groups excluding carboxylic acids is 1. The fourth-order valence-electron chi connectivity index (χ4n) is 4.34. The van der Waals surface area contributed by atoms with Gasteiger partial charge in [0.1, 0.15) is 5.57 Å². The van der Waals surface area contributed by atoms with Crippen LogP contribution in [0.15, 0.2) is 48.2 Å². The number of hydrogen-bond acceptors (Lipinski definition) is 3. The number of rotatable bonds is 3. The van der Waals surface area contributed by atoms with Gasteiger partial charge >= 0.3 is 12.1 Å². The van der Waals surface area contributed by atoms with E-state index in [0.29, 0.717) is 28.0 Å². The summed E-state index contributed by atoms with van der Waals surface area (Å²) in [4.78, 5) is 12.8. The highest BCUT2D eigenvalue weighted by molar-refractivity contribution is 6.20. The van der Waals surface area contributed by atoms with Gasteiger partial charge in [0.15, 0.2) is 11.4 Å². The molecular formula is C23H21F3O3. The normalized spacial score (nSPS) is 18.4. The van der Waals surface area contributed by atoms with Gasteiger partial charge < -0.3 is 9.47 Å². The Hall–Kier alpha value is -2.76. The van der Waals surface area contributed by atoms with Crippen molar-refractivity contribution < 1.29 is 27.4 Å². The van der Waals surface area contributed by atoms with E-state index < -0.39 is 23.3 Å². The second-order valence-electron chi connectivity index (χ2n) is 7.61. The maximum absolute atomic E-state index is 13.1. The lowest BCUT2D eigenvalue weighted by molar-refractivity contribution is -0.146. The molecule has 0 amide bonds. The lowest BCUT2D eigenvalue weighted by Gasteiger charge is -2.24. The van der Waals surface area contributed by atoms with Crippen LogP contribution in [0.3, 0.4) is 0 Å². The van der Waals surface area contributed by atoms with Crippen molar-refractivity contribution in [3.63, 3.8) is 0 Å². The zero-order valence-electron chi connectivity index (χ0n) is 16.2. The van der Waals surface area contributed by atoms with Gasteiger partial charge in [-0.2, -0.15) is 13.2 Å². The number of hydrogen-bond donors (Lipinski definition) is 0. The summed E-state index contributed by atoms with van der Waals surface area (Å²) < 4.78 is 50.7. The molecule has 2 aromatic carbocycles. The highest BCUT2D eigenvalue weighted by Gasteiger charge is 2.51. The molecule has 1 heterocycles. The summed E-state index contributed by atoms with van der Waals surface area (Å²) in [6, 6.07) is 10.5. The molecule has 1 aliphatic heterocycles. The third-order valence-electron chi connectivity index (χ3n) is 5.78. The van der Waals surface area contributed by atoms with E-state index in [-0.39, 0.29) is 0 Å². The van der Waals surface area contributed by atoms with Crippen LogP contribution < -0.4 is 0 Å². The number of ether oxygens (including phenoxy) is 2. The van der Waals surface area contributed by atoms with Gasteiger partial charge in [-0.15, -0.1) is 0 Å². The van der Waals surface area contributed by atoms with Crippen LogP contribution in [0.5, 0.6) is 0 Å². The summed E-state index contributed by atoms with van der Waals surface area (Å²) in [6.45, 7) is 1.86. The molecule has 152 valence electrons. The van der Waals surface area contributed by atoms with Crippen molar-refractivity contribution in [2.24, 2.45) is 0 Å². The molecule has 6 heteroatoms. The van der Waals surface area contributed by atoms with E-state index in [0.717, 1.165) is 43.4 Å². The number of aryl methyl sites for hydroxylation is 1. The van der Waals surface area contributed by atoms with Gasteiger partial charge in [-0.3, -0.25) is 0 Å². The number of benzene rings is 2. The van der Waals surface area contributed by atoms with Crippen molar-refractivity contribution in [3.05, 3.63) is 64.9 Å². The van der Waals surface area contributed by atoms with Crippen LogP contribution >= 0.6 is 0 Å². The zero-order chi connectivity index (χ0) is 20.8. The Kier molecular flexibility index (Phi) is 4.68. The molecule has 0 atom stereocenters. The van der Waals surface area contributed by atoms with Crippen LogP contribution in [0.25, 0.3) is 16.7 Å². The van der Waals surface area contributed by atoms with Gasteiger partial charge in [-0.25, -0.2) is 4.79 Å². The van der Waals surface area contributed by atoms with Gasteiger partial charge in [0.25, 0.3) is 0 Å². The van der Waals surface area contributed by atoms with E-state index in [1.165, 1.54) is 13.2 Å². The molecule has 3 nitrogen and oxygen atoms in total. The second kappa shape index (κ2) is 6.94. The highest BCUT2D eigenvalue weighted by atomic mass is 19.4. The Labute approximate surface area is 167 Å². The van der Waals surface area contributed by atoms with Gasteiger partial charge in [-0.1, -0.05) is 24.3 Å². The molecule has 1 saturated carbocycles. The standard InChI is InChI=1S/C23H21F3O3/c1-14-8-9-16(15-6-5-7-17(12-15)23(24,25)26)13-18(14)19-20(28-2)22(29-21(19)27)10-3-4-11-22/h5-9,12-13H,3-4,10-11H2,1-2H3. The molecule has 0 bridgehead atoms. The lowest BCUT2D eigenvalue weighted by Crippen LogP contribution is -2.28. The molecule has 0 aromatic heterocycles. The molecule has 2 aromatic rings. The summed E-state index contributed by atoms with van der Waals surface area (Å²) in [6.07, 6.45) is -1.07. The van der Waals surface area contributed by atoms with E-state index in [2.05, 4.69) is 0 Å². The number of methoxy groups -OCH3 is 1. The number of alkyl halides is 3. The third-order valence-corrected chi connectivity index (χ3v) is 5.78. The van der Waals surface area contributed by atoms with E-state index in [1.54, 1.807) is 24.3 Å². The van der Waals surface area contributed by atoms with Crippen molar-refractivity contribution in [3.8, 4) is 11.1 Å². The lowest BCUT2D eigenvalue weighted by atomic mass is 9.91. The monoisotopic (exact) mass is 402 g/mol. The summed E-state index contributed by atoms with van der Waals surface area (Å²) in [7, 11) is 1.53. The first-order valence-electron chi connectivity index (χ1n) is 9.56. The highest BCUT2D eigenvalue weighted by Crippen LogP contribution is 2.48. The minimum Gasteiger partial charge on any atom is -0.496 e. The zero-order valence-corrected chi connectivity index (χ0v) is 16.2. The maximum Gasteiger partial charge on any atom is 0.416 e. The van der Waals surface area contributed by atoms with Crippen molar-refractivity contribution in [1.82, 2.24) is 0 Å². The van der Waals surface area contributed by atoms with Gasteiger partial charge in [0.05, 0.1) is 12.7 Å². The third kappa shape index (κ3) is 3.30. The second-order valence-corrected chi connectivity index (χ2v) is 7.61. The number of esters is 1. The Balaban J connectivity index is 1.84. The van der Waals surface area contributed by atoms with Crippen LogP contribution in [0.1, 0.15) is 42.4 Å². The van der Waals surface area contributed by atoms with E-state index in [9.17, 15) is 18.0 Å².